The van der Waals surface area contributed by atoms with Crippen molar-refractivity contribution in [1.29, 1.82) is 0 Å². The van der Waals surface area contributed by atoms with Crippen LogP contribution in [0.3, 0.4) is 0 Å². The molecular formula is C12H15F2N. The third-order valence-corrected chi connectivity index (χ3v) is 3.15. The average Bonchev–Trinajstić information content (AvgIpc) is 2.19. The normalized spacial score (nSPS) is 21.5. The minimum absolute atomic E-state index is 0.00794. The second-order valence-electron chi connectivity index (χ2n) is 4.26. The van der Waals surface area contributed by atoms with Crippen LogP contribution in [0.2, 0.25) is 0 Å². The average molecular weight is 211 g/mol. The van der Waals surface area contributed by atoms with Crippen LogP contribution >= 0.6 is 0 Å². The number of benzene rings is 1. The van der Waals surface area contributed by atoms with E-state index in [0.717, 1.165) is 11.3 Å². The van der Waals surface area contributed by atoms with E-state index >= 15 is 0 Å². The number of alkyl halides is 2. The highest BCUT2D eigenvalue weighted by molar-refractivity contribution is 5.48. The summed E-state index contributed by atoms with van der Waals surface area (Å²) in [5.41, 5.74) is 7.60. The zero-order valence-corrected chi connectivity index (χ0v) is 8.55. The summed E-state index contributed by atoms with van der Waals surface area (Å²) in [6.45, 7) is 0. The van der Waals surface area contributed by atoms with Crippen molar-refractivity contribution in [2.24, 2.45) is 0 Å². The first-order valence-corrected chi connectivity index (χ1v) is 5.31. The van der Waals surface area contributed by atoms with E-state index in [1.807, 2.05) is 24.3 Å². The maximum Gasteiger partial charge on any atom is 0.248 e. The number of hydrogen-bond acceptors (Lipinski definition) is 1. The Bertz CT molecular complexity index is 339. The number of nitrogens with two attached hydrogens (primary N) is 1. The minimum atomic E-state index is -2.46. The molecule has 2 rings (SSSR count). The number of halogens is 2. The van der Waals surface area contributed by atoms with Crippen LogP contribution in [0.5, 0.6) is 0 Å². The number of rotatable bonds is 1. The van der Waals surface area contributed by atoms with Gasteiger partial charge in [0.2, 0.25) is 5.92 Å². The summed E-state index contributed by atoms with van der Waals surface area (Å²) in [6.07, 6.45) is 1.07. The number of para-hydroxylation sites is 1. The maximum absolute atomic E-state index is 13.0. The molecule has 0 atom stereocenters. The van der Waals surface area contributed by atoms with Crippen LogP contribution in [0.4, 0.5) is 14.5 Å². The Labute approximate surface area is 88.3 Å². The molecule has 0 bridgehead atoms. The van der Waals surface area contributed by atoms with Crippen molar-refractivity contribution in [3.05, 3.63) is 29.8 Å². The molecule has 0 radical (unpaired) electrons. The molecule has 0 aromatic heterocycles. The van der Waals surface area contributed by atoms with Crippen molar-refractivity contribution in [3.8, 4) is 0 Å². The lowest BCUT2D eigenvalue weighted by molar-refractivity contribution is -0.0381. The first kappa shape index (κ1) is 10.4. The molecule has 0 unspecified atom stereocenters. The summed E-state index contributed by atoms with van der Waals surface area (Å²) in [7, 11) is 0. The van der Waals surface area contributed by atoms with Crippen LogP contribution < -0.4 is 5.73 Å². The van der Waals surface area contributed by atoms with Gasteiger partial charge in [0.05, 0.1) is 0 Å². The first-order valence-electron chi connectivity index (χ1n) is 5.31. The van der Waals surface area contributed by atoms with Crippen LogP contribution in [0.15, 0.2) is 24.3 Å². The van der Waals surface area contributed by atoms with Crippen molar-refractivity contribution in [1.82, 2.24) is 0 Å². The van der Waals surface area contributed by atoms with E-state index in [1.54, 1.807) is 0 Å². The zero-order valence-electron chi connectivity index (χ0n) is 8.55. The highest BCUT2D eigenvalue weighted by atomic mass is 19.3. The lowest BCUT2D eigenvalue weighted by Gasteiger charge is -2.29. The van der Waals surface area contributed by atoms with E-state index in [9.17, 15) is 8.78 Å². The lowest BCUT2D eigenvalue weighted by Crippen LogP contribution is -2.23. The second-order valence-corrected chi connectivity index (χ2v) is 4.26. The quantitative estimate of drug-likeness (QED) is 0.706. The molecule has 82 valence electrons. The third kappa shape index (κ3) is 2.28. The Balaban J connectivity index is 2.11. The van der Waals surface area contributed by atoms with E-state index in [1.165, 1.54) is 0 Å². The molecule has 0 spiro atoms. The number of hydrogen-bond donors (Lipinski definition) is 1. The van der Waals surface area contributed by atoms with Gasteiger partial charge in [0, 0.05) is 18.5 Å². The van der Waals surface area contributed by atoms with Gasteiger partial charge in [-0.05, 0) is 30.4 Å². The Hall–Kier alpha value is -1.12. The van der Waals surface area contributed by atoms with Gasteiger partial charge in [0.25, 0.3) is 0 Å². The number of nitrogen functional groups attached to an aromatic ring is 1. The minimum Gasteiger partial charge on any atom is -0.398 e. The van der Waals surface area contributed by atoms with Crippen LogP contribution in [-0.2, 0) is 0 Å². The van der Waals surface area contributed by atoms with E-state index in [0.29, 0.717) is 12.8 Å². The van der Waals surface area contributed by atoms with E-state index < -0.39 is 5.92 Å². The zero-order chi connectivity index (χ0) is 10.9. The second kappa shape index (κ2) is 3.80. The molecule has 0 heterocycles. The van der Waals surface area contributed by atoms with Gasteiger partial charge in [-0.1, -0.05) is 18.2 Å². The molecule has 1 aromatic carbocycles. The first-order chi connectivity index (χ1) is 7.08. The topological polar surface area (TPSA) is 26.0 Å². The highest BCUT2D eigenvalue weighted by Crippen LogP contribution is 2.42. The molecule has 1 aliphatic rings. The Kier molecular flexibility index (Phi) is 2.63. The van der Waals surface area contributed by atoms with Crippen molar-refractivity contribution in [2.75, 3.05) is 5.73 Å². The van der Waals surface area contributed by atoms with Gasteiger partial charge in [-0.3, -0.25) is 0 Å². The SMILES string of the molecule is Nc1ccccc1C1CCC(F)(F)CC1. The summed E-state index contributed by atoms with van der Waals surface area (Å²) < 4.78 is 25.9. The van der Waals surface area contributed by atoms with Crippen molar-refractivity contribution in [3.63, 3.8) is 0 Å². The van der Waals surface area contributed by atoms with Gasteiger partial charge in [-0.25, -0.2) is 8.78 Å². The van der Waals surface area contributed by atoms with Crippen molar-refractivity contribution >= 4 is 5.69 Å². The molecule has 1 aromatic rings. The van der Waals surface area contributed by atoms with E-state index in [2.05, 4.69) is 0 Å². The Morgan fingerprint density at radius 1 is 1.13 bits per heavy atom. The van der Waals surface area contributed by atoms with E-state index in [4.69, 9.17) is 5.73 Å². The molecule has 1 saturated carbocycles. The predicted molar refractivity (Wildman–Crippen MR) is 57.0 cm³/mol. The maximum atomic E-state index is 13.0. The third-order valence-electron chi connectivity index (χ3n) is 3.15. The van der Waals surface area contributed by atoms with Gasteiger partial charge in [0.1, 0.15) is 0 Å². The van der Waals surface area contributed by atoms with Gasteiger partial charge in [-0.2, -0.15) is 0 Å². The fourth-order valence-corrected chi connectivity index (χ4v) is 2.23. The summed E-state index contributed by atoms with van der Waals surface area (Å²) in [4.78, 5) is 0. The smallest absolute Gasteiger partial charge is 0.248 e. The molecule has 0 amide bonds. The molecule has 1 fully saturated rings. The number of anilines is 1. The fourth-order valence-electron chi connectivity index (χ4n) is 2.23. The van der Waals surface area contributed by atoms with Crippen LogP contribution in [0, 0.1) is 0 Å². The summed E-state index contributed by atoms with van der Waals surface area (Å²) in [6, 6.07) is 7.57. The van der Waals surface area contributed by atoms with Crippen LogP contribution in [0.1, 0.15) is 37.2 Å². The molecular weight excluding hydrogens is 196 g/mol. The molecule has 3 heteroatoms. The highest BCUT2D eigenvalue weighted by Gasteiger charge is 2.35. The van der Waals surface area contributed by atoms with Gasteiger partial charge < -0.3 is 5.73 Å². The molecule has 2 N–H and O–H groups in total. The van der Waals surface area contributed by atoms with Gasteiger partial charge in [-0.15, -0.1) is 0 Å². The monoisotopic (exact) mass is 211 g/mol. The van der Waals surface area contributed by atoms with E-state index in [-0.39, 0.29) is 18.8 Å². The Morgan fingerprint density at radius 3 is 2.33 bits per heavy atom. The fraction of sp³-hybridized carbons (Fsp3) is 0.500. The summed E-state index contributed by atoms with van der Waals surface area (Å²) >= 11 is 0. The van der Waals surface area contributed by atoms with Crippen LogP contribution in [-0.4, -0.2) is 5.92 Å². The molecule has 1 nitrogen and oxygen atoms in total. The van der Waals surface area contributed by atoms with Crippen molar-refractivity contribution < 1.29 is 8.78 Å². The molecule has 1 aliphatic carbocycles. The summed E-state index contributed by atoms with van der Waals surface area (Å²) in [5, 5.41) is 0. The molecule has 0 saturated heterocycles. The Morgan fingerprint density at radius 2 is 1.73 bits per heavy atom. The lowest BCUT2D eigenvalue weighted by atomic mass is 9.82. The van der Waals surface area contributed by atoms with Crippen LogP contribution in [0.25, 0.3) is 0 Å². The predicted octanol–water partition coefficient (Wildman–Crippen LogP) is 3.56. The molecule has 0 aliphatic heterocycles. The van der Waals surface area contributed by atoms with Crippen molar-refractivity contribution in [2.45, 2.75) is 37.5 Å². The van der Waals surface area contributed by atoms with Gasteiger partial charge >= 0.3 is 0 Å². The summed E-state index contributed by atoms with van der Waals surface area (Å²) in [5.74, 6) is -2.24. The largest absolute Gasteiger partial charge is 0.398 e. The standard InChI is InChI=1S/C12H15F2N/c13-12(14)7-5-9(6-8-12)10-3-1-2-4-11(10)15/h1-4,9H,5-8,15H2. The molecule has 15 heavy (non-hydrogen) atoms. The van der Waals surface area contributed by atoms with Gasteiger partial charge in [0.15, 0.2) is 0 Å².